The van der Waals surface area contributed by atoms with Crippen molar-refractivity contribution in [1.82, 2.24) is 5.43 Å². The van der Waals surface area contributed by atoms with Crippen LogP contribution in [0.3, 0.4) is 0 Å². The summed E-state index contributed by atoms with van der Waals surface area (Å²) in [7, 11) is 1.74. The quantitative estimate of drug-likeness (QED) is 0.624. The molecule has 3 N–H and O–H groups in total. The van der Waals surface area contributed by atoms with Gasteiger partial charge >= 0.3 is 0 Å². The van der Waals surface area contributed by atoms with Gasteiger partial charge in [-0.2, -0.15) is 0 Å². The first-order valence-corrected chi connectivity index (χ1v) is 6.51. The fourth-order valence-corrected chi connectivity index (χ4v) is 2.35. The lowest BCUT2D eigenvalue weighted by Gasteiger charge is -2.36. The molecule has 0 aliphatic heterocycles. The van der Waals surface area contributed by atoms with Gasteiger partial charge < -0.3 is 4.74 Å². The normalized spacial score (nSPS) is 15.4. The minimum absolute atomic E-state index is 0.00139. The smallest absolute Gasteiger partial charge is 0.0827 e. The second kappa shape index (κ2) is 6.32. The molecule has 1 rings (SSSR count). The molecule has 1 aromatic carbocycles. The van der Waals surface area contributed by atoms with Gasteiger partial charge in [0.15, 0.2) is 0 Å². The van der Waals surface area contributed by atoms with E-state index < -0.39 is 0 Å². The average molecular weight is 250 g/mol. The monoisotopic (exact) mass is 250 g/mol. The predicted octanol–water partition coefficient (Wildman–Crippen LogP) is 2.81. The number of methoxy groups -OCH3 is 1. The number of rotatable bonds is 5. The molecule has 0 aliphatic carbocycles. The Balaban J connectivity index is 3.07. The molecule has 102 valence electrons. The Kier molecular flexibility index (Phi) is 5.32. The maximum Gasteiger partial charge on any atom is 0.0827 e. The molecule has 0 aliphatic rings. The standard InChI is InChI=1S/C15H26N2O/c1-6-11-8-7-9-12(10-11)13(17-16)14(18-5)15(2,3)4/h7-10,13-14,17H,6,16H2,1-5H3. The average Bonchev–Trinajstić information content (AvgIpc) is 2.34. The Bertz CT molecular complexity index is 371. The molecule has 0 amide bonds. The van der Waals surface area contributed by atoms with E-state index in [1.165, 1.54) is 11.1 Å². The molecular formula is C15H26N2O. The second-order valence-electron chi connectivity index (χ2n) is 5.77. The molecule has 1 aromatic rings. The Labute approximate surface area is 111 Å². The largest absolute Gasteiger partial charge is 0.379 e. The molecule has 0 radical (unpaired) electrons. The van der Waals surface area contributed by atoms with E-state index in [9.17, 15) is 0 Å². The Morgan fingerprint density at radius 2 is 2.00 bits per heavy atom. The van der Waals surface area contributed by atoms with Gasteiger partial charge in [0.25, 0.3) is 0 Å². The van der Waals surface area contributed by atoms with Gasteiger partial charge in [-0.1, -0.05) is 52.0 Å². The van der Waals surface area contributed by atoms with E-state index >= 15 is 0 Å². The highest BCUT2D eigenvalue weighted by Crippen LogP contribution is 2.32. The first-order valence-electron chi connectivity index (χ1n) is 6.51. The van der Waals surface area contributed by atoms with Crippen molar-refractivity contribution in [3.8, 4) is 0 Å². The number of aryl methyl sites for hydroxylation is 1. The molecule has 2 unspecified atom stereocenters. The topological polar surface area (TPSA) is 47.3 Å². The SMILES string of the molecule is CCc1cccc(C(NN)C(OC)C(C)(C)C)c1. The van der Waals surface area contributed by atoms with Crippen LogP contribution in [0, 0.1) is 5.41 Å². The number of hydrogen-bond acceptors (Lipinski definition) is 3. The lowest BCUT2D eigenvalue weighted by atomic mass is 9.82. The van der Waals surface area contributed by atoms with E-state index in [-0.39, 0.29) is 17.6 Å². The third kappa shape index (κ3) is 3.55. The van der Waals surface area contributed by atoms with Crippen molar-refractivity contribution in [2.45, 2.75) is 46.3 Å². The van der Waals surface area contributed by atoms with Crippen LogP contribution < -0.4 is 11.3 Å². The van der Waals surface area contributed by atoms with Gasteiger partial charge in [0.2, 0.25) is 0 Å². The van der Waals surface area contributed by atoms with Crippen LogP contribution in [-0.4, -0.2) is 13.2 Å². The fourth-order valence-electron chi connectivity index (χ4n) is 2.35. The third-order valence-electron chi connectivity index (χ3n) is 3.31. The maximum absolute atomic E-state index is 5.74. The molecule has 3 heteroatoms. The summed E-state index contributed by atoms with van der Waals surface area (Å²) in [5.74, 6) is 5.74. The van der Waals surface area contributed by atoms with Gasteiger partial charge in [-0.05, 0) is 23.0 Å². The Hall–Kier alpha value is -0.900. The van der Waals surface area contributed by atoms with Gasteiger partial charge in [-0.15, -0.1) is 0 Å². The van der Waals surface area contributed by atoms with Crippen molar-refractivity contribution in [1.29, 1.82) is 0 Å². The summed E-state index contributed by atoms with van der Waals surface area (Å²) in [4.78, 5) is 0. The van der Waals surface area contributed by atoms with E-state index in [0.29, 0.717) is 0 Å². The summed E-state index contributed by atoms with van der Waals surface area (Å²) < 4.78 is 5.65. The van der Waals surface area contributed by atoms with E-state index in [2.05, 4.69) is 57.4 Å². The van der Waals surface area contributed by atoms with Crippen LogP contribution in [0.5, 0.6) is 0 Å². The van der Waals surface area contributed by atoms with Crippen LogP contribution in [-0.2, 0) is 11.2 Å². The van der Waals surface area contributed by atoms with E-state index in [0.717, 1.165) is 6.42 Å². The molecule has 0 bridgehead atoms. The number of nitrogens with two attached hydrogens (primary N) is 1. The molecular weight excluding hydrogens is 224 g/mol. The summed E-state index contributed by atoms with van der Waals surface area (Å²) in [5.41, 5.74) is 5.42. The van der Waals surface area contributed by atoms with Crippen LogP contribution in [0.15, 0.2) is 24.3 Å². The van der Waals surface area contributed by atoms with Crippen molar-refractivity contribution >= 4 is 0 Å². The molecule has 0 saturated heterocycles. The van der Waals surface area contributed by atoms with Crippen LogP contribution in [0.1, 0.15) is 44.9 Å². The summed E-state index contributed by atoms with van der Waals surface area (Å²) in [6.07, 6.45) is 1.05. The molecule has 0 spiro atoms. The maximum atomic E-state index is 5.74. The zero-order chi connectivity index (χ0) is 13.8. The third-order valence-corrected chi connectivity index (χ3v) is 3.31. The zero-order valence-electron chi connectivity index (χ0n) is 12.2. The highest BCUT2D eigenvalue weighted by molar-refractivity contribution is 5.27. The fraction of sp³-hybridized carbons (Fsp3) is 0.600. The molecule has 2 atom stereocenters. The van der Waals surface area contributed by atoms with Crippen molar-refractivity contribution in [2.24, 2.45) is 11.3 Å². The first-order chi connectivity index (χ1) is 8.43. The molecule has 0 heterocycles. The first kappa shape index (κ1) is 15.2. The summed E-state index contributed by atoms with van der Waals surface area (Å²) in [6.45, 7) is 8.64. The minimum atomic E-state index is 0.00139. The number of ether oxygens (including phenoxy) is 1. The van der Waals surface area contributed by atoms with Gasteiger partial charge in [0.05, 0.1) is 12.1 Å². The number of hydrazine groups is 1. The van der Waals surface area contributed by atoms with Crippen molar-refractivity contribution in [3.05, 3.63) is 35.4 Å². The summed E-state index contributed by atoms with van der Waals surface area (Å²) in [5, 5.41) is 0. The minimum Gasteiger partial charge on any atom is -0.379 e. The number of nitrogens with one attached hydrogen (secondary N) is 1. The number of hydrogen-bond donors (Lipinski definition) is 2. The van der Waals surface area contributed by atoms with E-state index in [1.54, 1.807) is 7.11 Å². The highest BCUT2D eigenvalue weighted by atomic mass is 16.5. The van der Waals surface area contributed by atoms with E-state index in [1.807, 2.05) is 0 Å². The lowest BCUT2D eigenvalue weighted by Crippen LogP contribution is -2.44. The van der Waals surface area contributed by atoms with Crippen molar-refractivity contribution in [3.63, 3.8) is 0 Å². The molecule has 0 fully saturated rings. The molecule has 18 heavy (non-hydrogen) atoms. The van der Waals surface area contributed by atoms with Crippen LogP contribution >= 0.6 is 0 Å². The molecule has 0 aromatic heterocycles. The van der Waals surface area contributed by atoms with E-state index in [4.69, 9.17) is 10.6 Å². The summed E-state index contributed by atoms with van der Waals surface area (Å²) in [6, 6.07) is 8.51. The highest BCUT2D eigenvalue weighted by Gasteiger charge is 2.32. The van der Waals surface area contributed by atoms with Crippen molar-refractivity contribution in [2.75, 3.05) is 7.11 Å². The van der Waals surface area contributed by atoms with Gasteiger partial charge in [0.1, 0.15) is 0 Å². The van der Waals surface area contributed by atoms with Crippen molar-refractivity contribution < 1.29 is 4.74 Å². The van der Waals surface area contributed by atoms with Gasteiger partial charge in [-0.25, -0.2) is 0 Å². The van der Waals surface area contributed by atoms with Crippen LogP contribution in [0.2, 0.25) is 0 Å². The molecule has 0 saturated carbocycles. The Morgan fingerprint density at radius 3 is 2.44 bits per heavy atom. The summed E-state index contributed by atoms with van der Waals surface area (Å²) >= 11 is 0. The predicted molar refractivity (Wildman–Crippen MR) is 76.1 cm³/mol. The molecule has 3 nitrogen and oxygen atoms in total. The van der Waals surface area contributed by atoms with Gasteiger partial charge in [-0.3, -0.25) is 11.3 Å². The second-order valence-corrected chi connectivity index (χ2v) is 5.77. The number of benzene rings is 1. The lowest BCUT2D eigenvalue weighted by molar-refractivity contribution is -0.0120. The Morgan fingerprint density at radius 1 is 1.33 bits per heavy atom. The van der Waals surface area contributed by atoms with Crippen LogP contribution in [0.4, 0.5) is 0 Å². The van der Waals surface area contributed by atoms with Crippen LogP contribution in [0.25, 0.3) is 0 Å². The zero-order valence-corrected chi connectivity index (χ0v) is 12.2. The van der Waals surface area contributed by atoms with Gasteiger partial charge in [0, 0.05) is 7.11 Å².